The molecule has 0 radical (unpaired) electrons. The number of aryl methyl sites for hydroxylation is 1. The summed E-state index contributed by atoms with van der Waals surface area (Å²) in [5.74, 6) is 0.303. The Morgan fingerprint density at radius 1 is 1.04 bits per heavy atom. The van der Waals surface area contributed by atoms with Crippen LogP contribution in [0.2, 0.25) is 0 Å². The average molecular weight is 386 g/mol. The summed E-state index contributed by atoms with van der Waals surface area (Å²) in [5, 5.41) is 11.7. The molecule has 2 rings (SSSR count). The van der Waals surface area contributed by atoms with Crippen LogP contribution in [0.1, 0.15) is 44.6 Å². The van der Waals surface area contributed by atoms with Gasteiger partial charge >= 0.3 is 29.6 Å². The molecule has 0 atom stereocenters. The van der Waals surface area contributed by atoms with Gasteiger partial charge in [-0.05, 0) is 42.7 Å². The molecule has 7 heteroatoms. The summed E-state index contributed by atoms with van der Waals surface area (Å²) in [6.45, 7) is 2.13. The third-order valence-electron chi connectivity index (χ3n) is 3.94. The smallest absolute Gasteiger partial charge is 0.870 e. The molecule has 136 valence electrons. The first-order valence-corrected chi connectivity index (χ1v) is 9.90. The molecule has 1 N–H and O–H groups in total. The van der Waals surface area contributed by atoms with E-state index in [0.29, 0.717) is 17.7 Å². The van der Waals surface area contributed by atoms with Gasteiger partial charge < -0.3 is 9.84 Å². The molecule has 0 amide bonds. The fourth-order valence-electron chi connectivity index (χ4n) is 2.65. The van der Waals surface area contributed by atoms with Gasteiger partial charge in [0.1, 0.15) is 11.5 Å². The second-order valence-corrected chi connectivity index (χ2v) is 7.35. The maximum atomic E-state index is 11.7. The summed E-state index contributed by atoms with van der Waals surface area (Å²) in [6, 6.07) is 10.6. The average Bonchev–Trinajstić information content (AvgIpc) is 2.56. The van der Waals surface area contributed by atoms with E-state index >= 15 is 0 Å². The molecule has 2 aromatic carbocycles. The molecule has 2 aromatic rings. The molecule has 5 nitrogen and oxygen atoms in total. The first-order valence-electron chi connectivity index (χ1n) is 8.46. The van der Waals surface area contributed by atoms with Gasteiger partial charge in [0.25, 0.3) is 10.1 Å². The van der Waals surface area contributed by atoms with Crippen molar-refractivity contribution in [2.24, 2.45) is 0 Å². The first kappa shape index (κ1) is 23.0. The van der Waals surface area contributed by atoms with E-state index in [1.54, 1.807) is 24.3 Å². The third kappa shape index (κ3) is 6.93. The van der Waals surface area contributed by atoms with Crippen molar-refractivity contribution in [2.45, 2.75) is 50.3 Å². The zero-order valence-corrected chi connectivity index (χ0v) is 18.1. The van der Waals surface area contributed by atoms with E-state index < -0.39 is 10.1 Å². The van der Waals surface area contributed by atoms with E-state index in [-0.39, 0.29) is 46.0 Å². The predicted octanol–water partition coefficient (Wildman–Crippen LogP) is 1.32. The van der Waals surface area contributed by atoms with Crippen LogP contribution in [-0.4, -0.2) is 13.0 Å². The van der Waals surface area contributed by atoms with Crippen molar-refractivity contribution in [1.29, 1.82) is 0 Å². The first-order chi connectivity index (χ1) is 11.9. The van der Waals surface area contributed by atoms with E-state index in [4.69, 9.17) is 4.74 Å². The Labute approximate surface area is 177 Å². The fourth-order valence-corrected chi connectivity index (χ4v) is 3.38. The van der Waals surface area contributed by atoms with Crippen molar-refractivity contribution in [2.75, 3.05) is 0 Å². The van der Waals surface area contributed by atoms with Crippen LogP contribution in [0.15, 0.2) is 47.4 Å². The molecular weight excluding hydrogens is 363 g/mol. The van der Waals surface area contributed by atoms with Gasteiger partial charge in [-0.15, -0.1) is 0 Å². The van der Waals surface area contributed by atoms with E-state index in [9.17, 15) is 18.1 Å². The maximum absolute atomic E-state index is 11.7. The van der Waals surface area contributed by atoms with Crippen LogP contribution in [0.25, 0.3) is 0 Å². The minimum absolute atomic E-state index is 0. The van der Waals surface area contributed by atoms with Crippen LogP contribution in [-0.2, 0) is 16.5 Å². The van der Waals surface area contributed by atoms with E-state index in [2.05, 4.69) is 6.92 Å². The van der Waals surface area contributed by atoms with Crippen LogP contribution in [0.4, 0.5) is 0 Å². The minimum atomic E-state index is -4.30. The van der Waals surface area contributed by atoms with E-state index in [1.807, 2.05) is 0 Å². The van der Waals surface area contributed by atoms with Crippen molar-refractivity contribution >= 4 is 10.1 Å². The van der Waals surface area contributed by atoms with Crippen LogP contribution in [0.3, 0.4) is 0 Å². The second kappa shape index (κ2) is 10.9. The summed E-state index contributed by atoms with van der Waals surface area (Å²) < 4.78 is 38.1. The van der Waals surface area contributed by atoms with Crippen molar-refractivity contribution in [3.05, 3.63) is 48.0 Å². The van der Waals surface area contributed by atoms with Crippen LogP contribution < -0.4 is 39.4 Å². The van der Waals surface area contributed by atoms with Crippen molar-refractivity contribution in [1.82, 2.24) is 0 Å². The molecule has 0 aliphatic carbocycles. The second-order valence-electron chi connectivity index (χ2n) is 5.96. The molecule has 0 fully saturated rings. The third-order valence-corrected chi connectivity index (χ3v) is 4.89. The Morgan fingerprint density at radius 3 is 2.38 bits per heavy atom. The maximum Gasteiger partial charge on any atom is 1.00 e. The van der Waals surface area contributed by atoms with Gasteiger partial charge in [0.05, 0.1) is 4.90 Å². The Balaban J connectivity index is 0.00000338. The van der Waals surface area contributed by atoms with Gasteiger partial charge in [0.2, 0.25) is 0 Å². The van der Waals surface area contributed by atoms with Crippen LogP contribution in [0, 0.1) is 0 Å². The Bertz CT molecular complexity index is 805. The number of ether oxygens (including phenoxy) is 1. The molecule has 0 unspecified atom stereocenters. The largest absolute Gasteiger partial charge is 1.00 e. The number of rotatable bonds is 9. The number of para-hydroxylation sites is 2. The number of hydrogen-bond acceptors (Lipinski definition) is 4. The van der Waals surface area contributed by atoms with Gasteiger partial charge in [-0.1, -0.05) is 56.6 Å². The van der Waals surface area contributed by atoms with Crippen molar-refractivity contribution in [3.8, 4) is 17.2 Å². The Kier molecular flexibility index (Phi) is 9.68. The monoisotopic (exact) mass is 386 g/mol. The standard InChI is InChI=1S/C19H24O5S.Na/c1-2-3-4-5-6-9-15-14-16(12-13-19(15)25(21,22)23)24-18-11-8-7-10-17(18)20;/h7-8,10-14,20H,2-6,9H2,1H3,(H,21,22,23);/q;+1/p-1. The number of benzene rings is 2. The molecule has 0 aliphatic rings. The summed E-state index contributed by atoms with van der Waals surface area (Å²) in [4.78, 5) is -0.106. The fraction of sp³-hybridized carbons (Fsp3) is 0.368. The molecule has 0 heterocycles. The Hall–Kier alpha value is -1.05. The van der Waals surface area contributed by atoms with Crippen LogP contribution in [0.5, 0.6) is 17.2 Å². The van der Waals surface area contributed by atoms with Gasteiger partial charge in [-0.3, -0.25) is 4.55 Å². The van der Waals surface area contributed by atoms with Gasteiger partial charge in [0, 0.05) is 0 Å². The van der Waals surface area contributed by atoms with Gasteiger partial charge in [0.15, 0.2) is 0 Å². The minimum Gasteiger partial charge on any atom is -0.870 e. The zero-order valence-electron chi connectivity index (χ0n) is 15.3. The topological polar surface area (TPSA) is 86.7 Å². The van der Waals surface area contributed by atoms with Crippen LogP contribution >= 0.6 is 0 Å². The zero-order chi connectivity index (χ0) is 18.3. The van der Waals surface area contributed by atoms with Gasteiger partial charge in [-0.25, -0.2) is 0 Å². The number of hydrogen-bond donors (Lipinski definition) is 1. The van der Waals surface area contributed by atoms with E-state index in [1.165, 1.54) is 18.2 Å². The molecule has 0 spiro atoms. The molecule has 0 aliphatic heterocycles. The summed E-state index contributed by atoms with van der Waals surface area (Å²) >= 11 is 0. The summed E-state index contributed by atoms with van der Waals surface area (Å²) in [6.07, 6.45) is 5.71. The quantitative estimate of drug-likeness (QED) is 0.399. The normalized spacial score (nSPS) is 11.0. The molecule has 0 saturated heterocycles. The van der Waals surface area contributed by atoms with Crippen molar-refractivity contribution < 1.29 is 52.4 Å². The molecule has 26 heavy (non-hydrogen) atoms. The molecule has 0 aromatic heterocycles. The van der Waals surface area contributed by atoms with Gasteiger partial charge in [-0.2, -0.15) is 8.42 Å². The predicted molar refractivity (Wildman–Crippen MR) is 94.7 cm³/mol. The molecular formula is C19H23NaO5S. The number of unbranched alkanes of at least 4 members (excludes halogenated alkanes) is 4. The Morgan fingerprint density at radius 2 is 1.73 bits per heavy atom. The summed E-state index contributed by atoms with van der Waals surface area (Å²) in [7, 11) is -4.30. The molecule has 0 saturated carbocycles. The summed E-state index contributed by atoms with van der Waals surface area (Å²) in [5.41, 5.74) is 0.500. The SMILES string of the molecule is CCCCCCCc1cc(Oc2ccccc2[O-])ccc1S(=O)(=O)O.[Na+]. The van der Waals surface area contributed by atoms with E-state index in [0.717, 1.165) is 32.1 Å². The van der Waals surface area contributed by atoms with Crippen molar-refractivity contribution in [3.63, 3.8) is 0 Å². The molecule has 0 bridgehead atoms.